The summed E-state index contributed by atoms with van der Waals surface area (Å²) in [5.74, 6) is 15.6. The zero-order valence-electron chi connectivity index (χ0n) is 9.20. The molecule has 0 aromatic carbocycles. The molecule has 2 nitrogen and oxygen atoms in total. The topological polar surface area (TPSA) is 40.5 Å². The van der Waals surface area contributed by atoms with E-state index in [2.05, 4.69) is 35.5 Å². The van der Waals surface area contributed by atoms with Crippen molar-refractivity contribution in [3.8, 4) is 35.5 Å². The van der Waals surface area contributed by atoms with Crippen LogP contribution in [-0.4, -0.2) is 22.9 Å². The Bertz CT molecular complexity index is 411. The molecule has 2 heteroatoms. The van der Waals surface area contributed by atoms with Gasteiger partial charge in [0, 0.05) is 6.61 Å². The van der Waals surface area contributed by atoms with Crippen LogP contribution in [0.25, 0.3) is 0 Å². The second kappa shape index (κ2) is 11.2. The second-order valence-electron chi connectivity index (χ2n) is 2.72. The smallest absolute Gasteiger partial charge is 0.0745 e. The highest BCUT2D eigenvalue weighted by Crippen LogP contribution is 1.91. The lowest BCUT2D eigenvalue weighted by Gasteiger charge is -1.98. The first kappa shape index (κ1) is 14.1. The van der Waals surface area contributed by atoms with Gasteiger partial charge in [0.25, 0.3) is 0 Å². The third kappa shape index (κ3) is 10.2. The standard InChI is InChI=1S/C14H14O2/c1-2-3-4-5-6-7-8-9-10-11-14(16)12-13-15/h8-11,14-16H,12-13H2,1H3/b9-8-,11-10+/t14-/m0/s1. The van der Waals surface area contributed by atoms with E-state index in [0.717, 1.165) is 0 Å². The molecule has 0 heterocycles. The van der Waals surface area contributed by atoms with Crippen molar-refractivity contribution in [3.05, 3.63) is 24.3 Å². The van der Waals surface area contributed by atoms with Crippen LogP contribution < -0.4 is 0 Å². The molecule has 0 aliphatic carbocycles. The SMILES string of the molecule is CC#CC#CC#C/C=C\C=C\[C@H](O)CCO. The van der Waals surface area contributed by atoms with Crippen molar-refractivity contribution >= 4 is 0 Å². The van der Waals surface area contributed by atoms with Gasteiger partial charge in [-0.1, -0.05) is 30.1 Å². The van der Waals surface area contributed by atoms with Crippen LogP contribution in [0.15, 0.2) is 24.3 Å². The average Bonchev–Trinajstić information content (AvgIpc) is 2.27. The fourth-order valence-electron chi connectivity index (χ4n) is 0.727. The second-order valence-corrected chi connectivity index (χ2v) is 2.72. The predicted octanol–water partition coefficient (Wildman–Crippen LogP) is 0.872. The molecule has 0 fully saturated rings. The largest absolute Gasteiger partial charge is 0.396 e. The first-order valence-corrected chi connectivity index (χ1v) is 4.85. The average molecular weight is 214 g/mol. The molecule has 0 radical (unpaired) electrons. The molecule has 0 aromatic heterocycles. The Kier molecular flexibility index (Phi) is 9.82. The molecule has 0 amide bonds. The van der Waals surface area contributed by atoms with E-state index in [1.54, 1.807) is 31.2 Å². The maximum atomic E-state index is 9.19. The van der Waals surface area contributed by atoms with Gasteiger partial charge in [0.2, 0.25) is 0 Å². The van der Waals surface area contributed by atoms with Crippen LogP contribution >= 0.6 is 0 Å². The van der Waals surface area contributed by atoms with E-state index in [4.69, 9.17) is 5.11 Å². The Morgan fingerprint density at radius 3 is 2.56 bits per heavy atom. The lowest BCUT2D eigenvalue weighted by atomic mass is 10.2. The summed E-state index contributed by atoms with van der Waals surface area (Å²) in [7, 11) is 0. The van der Waals surface area contributed by atoms with Gasteiger partial charge in [0.15, 0.2) is 0 Å². The fourth-order valence-corrected chi connectivity index (χ4v) is 0.727. The number of aliphatic hydroxyl groups is 2. The van der Waals surface area contributed by atoms with Crippen LogP contribution in [0, 0.1) is 35.5 Å². The van der Waals surface area contributed by atoms with Crippen LogP contribution in [0.1, 0.15) is 13.3 Å². The van der Waals surface area contributed by atoms with Gasteiger partial charge in [-0.05, 0) is 43.1 Å². The Hall–Kier alpha value is -1.92. The quantitative estimate of drug-likeness (QED) is 0.538. The summed E-state index contributed by atoms with van der Waals surface area (Å²) in [5.41, 5.74) is 0. The van der Waals surface area contributed by atoms with Crippen LogP contribution in [0.3, 0.4) is 0 Å². The monoisotopic (exact) mass is 214 g/mol. The molecule has 82 valence electrons. The van der Waals surface area contributed by atoms with Gasteiger partial charge in [0.05, 0.1) is 6.10 Å². The maximum Gasteiger partial charge on any atom is 0.0745 e. The lowest BCUT2D eigenvalue weighted by molar-refractivity contribution is 0.170. The summed E-state index contributed by atoms with van der Waals surface area (Å²) >= 11 is 0. The minimum atomic E-state index is -0.609. The Morgan fingerprint density at radius 2 is 1.88 bits per heavy atom. The van der Waals surface area contributed by atoms with E-state index in [9.17, 15) is 5.11 Å². The summed E-state index contributed by atoms with van der Waals surface area (Å²) in [5, 5.41) is 17.7. The van der Waals surface area contributed by atoms with Gasteiger partial charge in [-0.15, -0.1) is 0 Å². The van der Waals surface area contributed by atoms with E-state index in [0.29, 0.717) is 6.42 Å². The molecule has 0 saturated heterocycles. The summed E-state index contributed by atoms with van der Waals surface area (Å²) in [4.78, 5) is 0. The van der Waals surface area contributed by atoms with Crippen molar-refractivity contribution in [2.45, 2.75) is 19.4 Å². The van der Waals surface area contributed by atoms with Crippen molar-refractivity contribution in [1.82, 2.24) is 0 Å². The minimum absolute atomic E-state index is 0.0247. The van der Waals surface area contributed by atoms with Crippen LogP contribution in [0.2, 0.25) is 0 Å². The summed E-state index contributed by atoms with van der Waals surface area (Å²) in [6.07, 6.45) is 6.31. The molecule has 0 aromatic rings. The highest BCUT2D eigenvalue weighted by atomic mass is 16.3. The Morgan fingerprint density at radius 1 is 1.12 bits per heavy atom. The van der Waals surface area contributed by atoms with E-state index in [-0.39, 0.29) is 6.61 Å². The third-order valence-corrected chi connectivity index (χ3v) is 1.43. The molecule has 0 rings (SSSR count). The molecule has 0 aliphatic heterocycles. The van der Waals surface area contributed by atoms with Crippen molar-refractivity contribution < 1.29 is 10.2 Å². The molecule has 0 saturated carbocycles. The van der Waals surface area contributed by atoms with Crippen molar-refractivity contribution in [2.24, 2.45) is 0 Å². The van der Waals surface area contributed by atoms with Gasteiger partial charge in [-0.2, -0.15) is 0 Å². The van der Waals surface area contributed by atoms with Crippen LogP contribution in [0.5, 0.6) is 0 Å². The molecule has 16 heavy (non-hydrogen) atoms. The first-order valence-electron chi connectivity index (χ1n) is 4.85. The Balaban J connectivity index is 3.93. The summed E-state index contributed by atoms with van der Waals surface area (Å²) in [6.45, 7) is 1.69. The Labute approximate surface area is 96.7 Å². The lowest BCUT2D eigenvalue weighted by Crippen LogP contribution is -2.03. The highest BCUT2D eigenvalue weighted by molar-refractivity contribution is 5.37. The predicted molar refractivity (Wildman–Crippen MR) is 65.0 cm³/mol. The van der Waals surface area contributed by atoms with Crippen molar-refractivity contribution in [2.75, 3.05) is 6.61 Å². The zero-order valence-corrected chi connectivity index (χ0v) is 9.20. The van der Waals surface area contributed by atoms with Gasteiger partial charge in [-0.25, -0.2) is 0 Å². The van der Waals surface area contributed by atoms with E-state index >= 15 is 0 Å². The maximum absolute atomic E-state index is 9.19. The zero-order chi connectivity index (χ0) is 12.1. The summed E-state index contributed by atoms with van der Waals surface area (Å²) < 4.78 is 0. The molecule has 1 atom stereocenters. The molecule has 0 spiro atoms. The molecule has 0 bridgehead atoms. The fraction of sp³-hybridized carbons (Fsp3) is 0.286. The molecule has 0 unspecified atom stereocenters. The summed E-state index contributed by atoms with van der Waals surface area (Å²) in [6, 6.07) is 0. The van der Waals surface area contributed by atoms with Crippen molar-refractivity contribution in [1.29, 1.82) is 0 Å². The third-order valence-electron chi connectivity index (χ3n) is 1.43. The number of hydrogen-bond acceptors (Lipinski definition) is 2. The van der Waals surface area contributed by atoms with E-state index in [1.807, 2.05) is 0 Å². The van der Waals surface area contributed by atoms with Gasteiger partial charge in [-0.3, -0.25) is 0 Å². The first-order chi connectivity index (χ1) is 7.81. The molecular formula is C14H14O2. The number of rotatable bonds is 4. The van der Waals surface area contributed by atoms with Gasteiger partial charge < -0.3 is 10.2 Å². The van der Waals surface area contributed by atoms with Crippen molar-refractivity contribution in [3.63, 3.8) is 0 Å². The van der Waals surface area contributed by atoms with Crippen LogP contribution in [-0.2, 0) is 0 Å². The molecule has 2 N–H and O–H groups in total. The number of aliphatic hydroxyl groups excluding tert-OH is 2. The highest BCUT2D eigenvalue weighted by Gasteiger charge is 1.93. The number of allylic oxidation sites excluding steroid dienone is 3. The molecule has 0 aliphatic rings. The van der Waals surface area contributed by atoms with E-state index in [1.165, 1.54) is 0 Å². The normalized spacial score (nSPS) is 10.9. The minimum Gasteiger partial charge on any atom is -0.396 e. The van der Waals surface area contributed by atoms with E-state index < -0.39 is 6.10 Å². The molecular weight excluding hydrogens is 200 g/mol. The van der Waals surface area contributed by atoms with Crippen LogP contribution in [0.4, 0.5) is 0 Å². The van der Waals surface area contributed by atoms with Gasteiger partial charge in [0.1, 0.15) is 0 Å². The van der Waals surface area contributed by atoms with Gasteiger partial charge >= 0.3 is 0 Å². The number of hydrogen-bond donors (Lipinski definition) is 2.